The Morgan fingerprint density at radius 2 is 1.84 bits per heavy atom. The number of hydrogen-bond acceptors (Lipinski definition) is 6. The van der Waals surface area contributed by atoms with Gasteiger partial charge in [0.1, 0.15) is 22.3 Å². The SMILES string of the molecule is COc1cc(C(=O)NS(C)(=O)=O)c(F)cc1-c1cnc(Oc2ccc(C)c(Cl)c2)c(Cl)c1. The standard InChI is InChI=1S/C21H17Cl2FN2O5S/c1-11-4-5-13(7-16(11)22)31-21-17(23)6-12(10-25-21)14-8-18(24)15(9-19(14)30-2)20(27)26-32(3,28)29/h4-10H,1-3H3,(H,26,27). The van der Waals surface area contributed by atoms with Gasteiger partial charge in [0.25, 0.3) is 5.91 Å². The predicted molar refractivity (Wildman–Crippen MR) is 120 cm³/mol. The first-order chi connectivity index (χ1) is 15.0. The Balaban J connectivity index is 1.95. The van der Waals surface area contributed by atoms with Crippen molar-refractivity contribution in [3.8, 4) is 28.5 Å². The predicted octanol–water partition coefficient (Wildman–Crippen LogP) is 4.99. The number of pyridine rings is 1. The third-order valence-corrected chi connectivity index (χ3v) is 5.52. The highest BCUT2D eigenvalue weighted by atomic mass is 35.5. The number of nitrogens with zero attached hydrogens (tertiary/aromatic N) is 1. The zero-order valence-corrected chi connectivity index (χ0v) is 19.4. The van der Waals surface area contributed by atoms with Crippen LogP contribution in [-0.2, 0) is 10.0 Å². The molecule has 2 aromatic carbocycles. The summed E-state index contributed by atoms with van der Waals surface area (Å²) in [6, 6.07) is 8.75. The van der Waals surface area contributed by atoms with Crippen molar-refractivity contribution < 1.29 is 27.1 Å². The van der Waals surface area contributed by atoms with Crippen LogP contribution in [-0.4, -0.2) is 32.7 Å². The Morgan fingerprint density at radius 1 is 1.12 bits per heavy atom. The van der Waals surface area contributed by atoms with E-state index < -0.39 is 27.3 Å². The fourth-order valence-electron chi connectivity index (χ4n) is 2.74. The lowest BCUT2D eigenvalue weighted by Gasteiger charge is -2.13. The number of rotatable bonds is 6. The highest BCUT2D eigenvalue weighted by Crippen LogP contribution is 2.37. The zero-order valence-electron chi connectivity index (χ0n) is 17.1. The van der Waals surface area contributed by atoms with Crippen LogP contribution >= 0.6 is 23.2 Å². The number of nitrogens with one attached hydrogen (secondary N) is 1. The fraction of sp³-hybridized carbons (Fsp3) is 0.143. The summed E-state index contributed by atoms with van der Waals surface area (Å²) in [7, 11) is -2.55. The molecule has 3 rings (SSSR count). The highest BCUT2D eigenvalue weighted by molar-refractivity contribution is 7.89. The van der Waals surface area contributed by atoms with Gasteiger partial charge < -0.3 is 9.47 Å². The largest absolute Gasteiger partial charge is 0.496 e. The number of aromatic nitrogens is 1. The molecule has 3 aromatic rings. The molecule has 11 heteroatoms. The van der Waals surface area contributed by atoms with Crippen molar-refractivity contribution in [3.05, 3.63) is 69.6 Å². The maximum Gasteiger partial charge on any atom is 0.267 e. The van der Waals surface area contributed by atoms with E-state index in [0.717, 1.165) is 24.0 Å². The van der Waals surface area contributed by atoms with Gasteiger partial charge in [0.15, 0.2) is 0 Å². The smallest absolute Gasteiger partial charge is 0.267 e. The summed E-state index contributed by atoms with van der Waals surface area (Å²) in [4.78, 5) is 16.2. The fourth-order valence-corrected chi connectivity index (χ4v) is 3.56. The minimum Gasteiger partial charge on any atom is -0.496 e. The number of ether oxygens (including phenoxy) is 2. The zero-order chi connectivity index (χ0) is 23.6. The number of carbonyl (C=O) groups excluding carboxylic acids is 1. The Kier molecular flexibility index (Phi) is 6.92. The normalized spacial score (nSPS) is 11.2. The lowest BCUT2D eigenvalue weighted by atomic mass is 10.0. The van der Waals surface area contributed by atoms with Gasteiger partial charge in [-0.15, -0.1) is 0 Å². The van der Waals surface area contributed by atoms with Crippen LogP contribution in [0, 0.1) is 12.7 Å². The number of hydrogen-bond donors (Lipinski definition) is 1. The monoisotopic (exact) mass is 498 g/mol. The van der Waals surface area contributed by atoms with Gasteiger partial charge in [-0.3, -0.25) is 4.79 Å². The van der Waals surface area contributed by atoms with Gasteiger partial charge in [0.2, 0.25) is 15.9 Å². The van der Waals surface area contributed by atoms with Gasteiger partial charge in [-0.05, 0) is 42.8 Å². The van der Waals surface area contributed by atoms with Crippen molar-refractivity contribution in [2.75, 3.05) is 13.4 Å². The first-order valence-corrected chi connectivity index (χ1v) is 11.6. The number of carbonyl (C=O) groups is 1. The van der Waals surface area contributed by atoms with Crippen molar-refractivity contribution in [3.63, 3.8) is 0 Å². The molecule has 1 heterocycles. The van der Waals surface area contributed by atoms with Crippen LogP contribution in [0.5, 0.6) is 17.4 Å². The lowest BCUT2D eigenvalue weighted by Crippen LogP contribution is -2.30. The molecule has 0 aliphatic rings. The van der Waals surface area contributed by atoms with Crippen LogP contribution in [0.15, 0.2) is 42.6 Å². The number of amides is 1. The van der Waals surface area contributed by atoms with E-state index in [2.05, 4.69) is 4.98 Å². The molecule has 0 saturated heterocycles. The Labute approximate surface area is 194 Å². The lowest BCUT2D eigenvalue weighted by molar-refractivity contribution is 0.0977. The topological polar surface area (TPSA) is 94.6 Å². The van der Waals surface area contributed by atoms with E-state index in [1.807, 2.05) is 6.92 Å². The summed E-state index contributed by atoms with van der Waals surface area (Å²) >= 11 is 12.4. The molecule has 0 fully saturated rings. The van der Waals surface area contributed by atoms with E-state index in [1.165, 1.54) is 19.4 Å². The molecule has 0 unspecified atom stereocenters. The second kappa shape index (κ2) is 9.32. The molecular weight excluding hydrogens is 482 g/mol. The molecule has 32 heavy (non-hydrogen) atoms. The molecule has 0 radical (unpaired) electrons. The molecule has 0 spiro atoms. The molecule has 0 bridgehead atoms. The summed E-state index contributed by atoms with van der Waals surface area (Å²) in [6.07, 6.45) is 2.18. The molecular formula is C21H17Cl2FN2O5S. The van der Waals surface area contributed by atoms with Crippen molar-refractivity contribution in [1.29, 1.82) is 0 Å². The average Bonchev–Trinajstić information content (AvgIpc) is 2.70. The minimum atomic E-state index is -3.87. The third kappa shape index (κ3) is 5.48. The summed E-state index contributed by atoms with van der Waals surface area (Å²) in [5, 5.41) is 0.663. The van der Waals surface area contributed by atoms with E-state index in [1.54, 1.807) is 22.9 Å². The minimum absolute atomic E-state index is 0.110. The molecule has 168 valence electrons. The average molecular weight is 499 g/mol. The van der Waals surface area contributed by atoms with E-state index in [0.29, 0.717) is 16.3 Å². The van der Waals surface area contributed by atoms with E-state index in [4.69, 9.17) is 32.7 Å². The molecule has 0 aliphatic carbocycles. The summed E-state index contributed by atoms with van der Waals surface area (Å²) in [5.41, 5.74) is 1.03. The van der Waals surface area contributed by atoms with Gasteiger partial charge in [-0.2, -0.15) is 0 Å². The molecule has 0 aliphatic heterocycles. The quantitative estimate of drug-likeness (QED) is 0.514. The van der Waals surface area contributed by atoms with Crippen LogP contribution in [0.2, 0.25) is 10.0 Å². The molecule has 1 amide bonds. The van der Waals surface area contributed by atoms with Crippen LogP contribution < -0.4 is 14.2 Å². The number of aryl methyl sites for hydroxylation is 1. The first kappa shape index (κ1) is 23.8. The van der Waals surface area contributed by atoms with E-state index >= 15 is 0 Å². The highest BCUT2D eigenvalue weighted by Gasteiger charge is 2.20. The van der Waals surface area contributed by atoms with Gasteiger partial charge >= 0.3 is 0 Å². The second-order valence-corrected chi connectivity index (χ2v) is 9.32. The molecule has 0 atom stereocenters. The Hall–Kier alpha value is -2.88. The third-order valence-electron chi connectivity index (χ3n) is 4.29. The van der Waals surface area contributed by atoms with Crippen molar-refractivity contribution >= 4 is 39.1 Å². The van der Waals surface area contributed by atoms with Gasteiger partial charge in [-0.25, -0.2) is 22.5 Å². The maximum absolute atomic E-state index is 14.6. The second-order valence-electron chi connectivity index (χ2n) is 6.76. The van der Waals surface area contributed by atoms with Crippen molar-refractivity contribution in [2.45, 2.75) is 6.92 Å². The summed E-state index contributed by atoms with van der Waals surface area (Å²) in [6.45, 7) is 1.86. The number of methoxy groups -OCH3 is 1. The number of halogens is 3. The van der Waals surface area contributed by atoms with Gasteiger partial charge in [0, 0.05) is 22.3 Å². The van der Waals surface area contributed by atoms with E-state index in [-0.39, 0.29) is 22.2 Å². The van der Waals surface area contributed by atoms with Crippen LogP contribution in [0.25, 0.3) is 11.1 Å². The van der Waals surface area contributed by atoms with E-state index in [9.17, 15) is 17.6 Å². The van der Waals surface area contributed by atoms with Crippen LogP contribution in [0.3, 0.4) is 0 Å². The van der Waals surface area contributed by atoms with Crippen molar-refractivity contribution in [1.82, 2.24) is 9.71 Å². The number of benzene rings is 2. The molecule has 1 aromatic heterocycles. The number of sulfonamides is 1. The van der Waals surface area contributed by atoms with Crippen LogP contribution in [0.4, 0.5) is 4.39 Å². The molecule has 1 N–H and O–H groups in total. The molecule has 7 nitrogen and oxygen atoms in total. The Morgan fingerprint density at radius 3 is 2.44 bits per heavy atom. The summed E-state index contributed by atoms with van der Waals surface area (Å²) < 4.78 is 49.8. The Bertz CT molecular complexity index is 1320. The van der Waals surface area contributed by atoms with Crippen molar-refractivity contribution in [2.24, 2.45) is 0 Å². The van der Waals surface area contributed by atoms with Gasteiger partial charge in [-0.1, -0.05) is 29.3 Å². The first-order valence-electron chi connectivity index (χ1n) is 8.98. The maximum atomic E-state index is 14.6. The van der Waals surface area contributed by atoms with Crippen LogP contribution in [0.1, 0.15) is 15.9 Å². The van der Waals surface area contributed by atoms with Gasteiger partial charge in [0.05, 0.1) is 18.9 Å². The molecule has 0 saturated carbocycles. The summed E-state index contributed by atoms with van der Waals surface area (Å²) in [5.74, 6) is -1.41.